The molecule has 5 heteroatoms. The fourth-order valence-corrected chi connectivity index (χ4v) is 3.09. The van der Waals surface area contributed by atoms with Crippen LogP contribution in [0.3, 0.4) is 0 Å². The zero-order valence-electron chi connectivity index (χ0n) is 14.4. The van der Waals surface area contributed by atoms with Gasteiger partial charge in [-0.15, -0.1) is 0 Å². The van der Waals surface area contributed by atoms with Gasteiger partial charge < -0.3 is 14.7 Å². The Morgan fingerprint density at radius 1 is 1.24 bits per heavy atom. The zero-order chi connectivity index (χ0) is 18.0. The molecule has 0 saturated carbocycles. The number of phenols is 1. The van der Waals surface area contributed by atoms with Crippen molar-refractivity contribution in [3.8, 4) is 5.75 Å². The predicted octanol–water partition coefficient (Wildman–Crippen LogP) is 4.38. The molecule has 132 valence electrons. The van der Waals surface area contributed by atoms with Gasteiger partial charge in [0, 0.05) is 11.6 Å². The molecule has 1 saturated heterocycles. The fraction of sp³-hybridized carbons (Fsp3) is 0.350. The Labute approximate surface area is 153 Å². The fourth-order valence-electron chi connectivity index (χ4n) is 2.97. The smallest absolute Gasteiger partial charge is 0.257 e. The van der Waals surface area contributed by atoms with Crippen molar-refractivity contribution in [2.75, 3.05) is 19.7 Å². The zero-order valence-corrected chi connectivity index (χ0v) is 15.2. The number of hydrogen-bond acceptors (Lipinski definition) is 3. The number of morpholine rings is 1. The molecule has 1 aliphatic heterocycles. The largest absolute Gasteiger partial charge is 0.507 e. The number of amides is 1. The summed E-state index contributed by atoms with van der Waals surface area (Å²) in [6, 6.07) is 12.7. The number of benzene rings is 2. The van der Waals surface area contributed by atoms with Gasteiger partial charge in [-0.25, -0.2) is 0 Å². The van der Waals surface area contributed by atoms with Gasteiger partial charge in [0.05, 0.1) is 18.7 Å². The molecule has 25 heavy (non-hydrogen) atoms. The molecule has 1 N–H and O–H groups in total. The molecular formula is C20H22ClNO3. The lowest BCUT2D eigenvalue weighted by Gasteiger charge is -2.33. The van der Waals surface area contributed by atoms with E-state index in [-0.39, 0.29) is 17.8 Å². The maximum atomic E-state index is 12.9. The van der Waals surface area contributed by atoms with Gasteiger partial charge in [-0.05, 0) is 41.3 Å². The quantitative estimate of drug-likeness (QED) is 0.884. The standard InChI is InChI=1S/C20H22ClNO3/c1-13(2)15-5-8-18(23)17(11-15)20(24)22-9-10-25-19(12-22)14-3-6-16(21)7-4-14/h3-8,11,13,19,23H,9-10,12H2,1-2H3. The molecule has 1 unspecified atom stereocenters. The van der Waals surface area contributed by atoms with Crippen LogP contribution in [0.1, 0.15) is 47.4 Å². The summed E-state index contributed by atoms with van der Waals surface area (Å²) in [6.07, 6.45) is -0.189. The summed E-state index contributed by atoms with van der Waals surface area (Å²) < 4.78 is 5.81. The minimum Gasteiger partial charge on any atom is -0.507 e. The van der Waals surface area contributed by atoms with E-state index in [1.54, 1.807) is 17.0 Å². The van der Waals surface area contributed by atoms with Crippen molar-refractivity contribution in [1.29, 1.82) is 0 Å². The van der Waals surface area contributed by atoms with Crippen LogP contribution in [0.2, 0.25) is 5.02 Å². The Kier molecular flexibility index (Phi) is 5.30. The van der Waals surface area contributed by atoms with E-state index in [0.717, 1.165) is 11.1 Å². The molecule has 0 bridgehead atoms. The molecular weight excluding hydrogens is 338 g/mol. The number of ether oxygens (including phenoxy) is 1. The number of hydrogen-bond donors (Lipinski definition) is 1. The van der Waals surface area contributed by atoms with Gasteiger partial charge in [-0.2, -0.15) is 0 Å². The van der Waals surface area contributed by atoms with Gasteiger partial charge in [0.15, 0.2) is 0 Å². The Balaban J connectivity index is 1.80. The first-order valence-corrected chi connectivity index (χ1v) is 8.82. The average molecular weight is 360 g/mol. The van der Waals surface area contributed by atoms with Crippen LogP contribution in [0.15, 0.2) is 42.5 Å². The summed E-state index contributed by atoms with van der Waals surface area (Å²) in [5, 5.41) is 10.8. The van der Waals surface area contributed by atoms with Crippen LogP contribution < -0.4 is 0 Å². The highest BCUT2D eigenvalue weighted by Crippen LogP contribution is 2.28. The summed E-state index contributed by atoms with van der Waals surface area (Å²) >= 11 is 5.93. The first kappa shape index (κ1) is 17.8. The molecule has 1 atom stereocenters. The number of aromatic hydroxyl groups is 1. The van der Waals surface area contributed by atoms with Crippen LogP contribution in [-0.2, 0) is 4.74 Å². The molecule has 0 radical (unpaired) electrons. The van der Waals surface area contributed by atoms with Gasteiger partial charge >= 0.3 is 0 Å². The SMILES string of the molecule is CC(C)c1ccc(O)c(C(=O)N2CCOC(c3ccc(Cl)cc3)C2)c1. The average Bonchev–Trinajstić information content (AvgIpc) is 2.62. The molecule has 4 nitrogen and oxygen atoms in total. The van der Waals surface area contributed by atoms with Crippen LogP contribution >= 0.6 is 11.6 Å². The molecule has 1 heterocycles. The van der Waals surface area contributed by atoms with E-state index in [4.69, 9.17) is 16.3 Å². The Morgan fingerprint density at radius 3 is 2.64 bits per heavy atom. The lowest BCUT2D eigenvalue weighted by molar-refractivity contribution is -0.0229. The highest BCUT2D eigenvalue weighted by Gasteiger charge is 2.27. The van der Waals surface area contributed by atoms with Crippen molar-refractivity contribution in [2.24, 2.45) is 0 Å². The topological polar surface area (TPSA) is 49.8 Å². The summed E-state index contributed by atoms with van der Waals surface area (Å²) in [6.45, 7) is 5.54. The highest BCUT2D eigenvalue weighted by molar-refractivity contribution is 6.30. The van der Waals surface area contributed by atoms with Crippen molar-refractivity contribution in [2.45, 2.75) is 25.9 Å². The first-order valence-electron chi connectivity index (χ1n) is 8.45. The molecule has 1 fully saturated rings. The van der Waals surface area contributed by atoms with Gasteiger partial charge in [-0.1, -0.05) is 43.6 Å². The molecule has 2 aromatic rings. The van der Waals surface area contributed by atoms with Crippen LogP contribution in [0.5, 0.6) is 5.75 Å². The molecule has 0 aliphatic carbocycles. The van der Waals surface area contributed by atoms with Crippen LogP contribution in [0.4, 0.5) is 0 Å². The minimum atomic E-state index is -0.189. The van der Waals surface area contributed by atoms with Gasteiger partial charge in [-0.3, -0.25) is 4.79 Å². The van der Waals surface area contributed by atoms with E-state index >= 15 is 0 Å². The van der Waals surface area contributed by atoms with Crippen molar-refractivity contribution in [1.82, 2.24) is 4.90 Å². The molecule has 1 aliphatic rings. The van der Waals surface area contributed by atoms with E-state index < -0.39 is 0 Å². The number of halogens is 1. The predicted molar refractivity (Wildman–Crippen MR) is 98.2 cm³/mol. The van der Waals surface area contributed by atoms with Gasteiger partial charge in [0.2, 0.25) is 0 Å². The van der Waals surface area contributed by atoms with E-state index in [0.29, 0.717) is 36.2 Å². The third-order valence-electron chi connectivity index (χ3n) is 4.51. The van der Waals surface area contributed by atoms with Crippen LogP contribution in [0.25, 0.3) is 0 Å². The number of rotatable bonds is 3. The van der Waals surface area contributed by atoms with Crippen molar-refractivity contribution >= 4 is 17.5 Å². The number of nitrogens with zero attached hydrogens (tertiary/aromatic N) is 1. The van der Waals surface area contributed by atoms with E-state index in [2.05, 4.69) is 13.8 Å². The van der Waals surface area contributed by atoms with Crippen molar-refractivity contribution in [3.63, 3.8) is 0 Å². The van der Waals surface area contributed by atoms with E-state index in [1.165, 1.54) is 0 Å². The second kappa shape index (κ2) is 7.46. The Morgan fingerprint density at radius 2 is 1.96 bits per heavy atom. The lowest BCUT2D eigenvalue weighted by Crippen LogP contribution is -2.42. The third-order valence-corrected chi connectivity index (χ3v) is 4.77. The monoisotopic (exact) mass is 359 g/mol. The normalized spacial score (nSPS) is 17.8. The Hall–Kier alpha value is -2.04. The highest BCUT2D eigenvalue weighted by atomic mass is 35.5. The maximum Gasteiger partial charge on any atom is 0.257 e. The Bertz CT molecular complexity index is 758. The molecule has 1 amide bonds. The van der Waals surface area contributed by atoms with Crippen LogP contribution in [0, 0.1) is 0 Å². The minimum absolute atomic E-state index is 0.0175. The van der Waals surface area contributed by atoms with Gasteiger partial charge in [0.25, 0.3) is 5.91 Å². The summed E-state index contributed by atoms with van der Waals surface area (Å²) in [7, 11) is 0. The van der Waals surface area contributed by atoms with Gasteiger partial charge in [0.1, 0.15) is 11.9 Å². The summed E-state index contributed by atoms with van der Waals surface area (Å²) in [4.78, 5) is 14.7. The third kappa shape index (κ3) is 3.97. The number of carbonyl (C=O) groups excluding carboxylic acids is 1. The lowest BCUT2D eigenvalue weighted by atomic mass is 9.99. The number of carbonyl (C=O) groups is 1. The molecule has 3 rings (SSSR count). The summed E-state index contributed by atoms with van der Waals surface area (Å²) in [5.41, 5.74) is 2.37. The number of phenolic OH excluding ortho intramolecular Hbond substituents is 1. The first-order chi connectivity index (χ1) is 12.0. The summed E-state index contributed by atoms with van der Waals surface area (Å²) in [5.74, 6) is 0.143. The van der Waals surface area contributed by atoms with E-state index in [1.807, 2.05) is 30.3 Å². The molecule has 2 aromatic carbocycles. The molecule has 0 spiro atoms. The van der Waals surface area contributed by atoms with Crippen LogP contribution in [-0.4, -0.2) is 35.6 Å². The molecule has 0 aromatic heterocycles. The maximum absolute atomic E-state index is 12.9. The van der Waals surface area contributed by atoms with Crippen molar-refractivity contribution in [3.05, 3.63) is 64.2 Å². The van der Waals surface area contributed by atoms with E-state index in [9.17, 15) is 9.90 Å². The second-order valence-corrected chi connectivity index (χ2v) is 7.03. The second-order valence-electron chi connectivity index (χ2n) is 6.59. The van der Waals surface area contributed by atoms with Crippen molar-refractivity contribution < 1.29 is 14.6 Å².